The summed E-state index contributed by atoms with van der Waals surface area (Å²) in [6.07, 6.45) is 10.1. The standard InChI is InChI=1S/C19H24N4O/c1-14-10-21-18(17-6-3-8-20-11-17)23(14)13-15-7-9-22(12-15)19(24)16-4-2-5-16/h3,6,8,10-11,15-16H,2,4-5,7,9,12-13H2,1H3. The van der Waals surface area contributed by atoms with Crippen LogP contribution in [0.25, 0.3) is 11.4 Å². The molecule has 1 aliphatic carbocycles. The molecule has 0 aromatic carbocycles. The molecule has 2 aromatic rings. The molecular formula is C19H24N4O. The minimum Gasteiger partial charge on any atom is -0.342 e. The van der Waals surface area contributed by atoms with Crippen LogP contribution in [0.5, 0.6) is 0 Å². The Labute approximate surface area is 142 Å². The summed E-state index contributed by atoms with van der Waals surface area (Å²) in [6, 6.07) is 3.99. The van der Waals surface area contributed by atoms with Gasteiger partial charge in [0.25, 0.3) is 0 Å². The summed E-state index contributed by atoms with van der Waals surface area (Å²) in [5.41, 5.74) is 2.21. The quantitative estimate of drug-likeness (QED) is 0.869. The smallest absolute Gasteiger partial charge is 0.225 e. The molecule has 1 unspecified atom stereocenters. The highest BCUT2D eigenvalue weighted by Gasteiger charge is 2.34. The van der Waals surface area contributed by atoms with Crippen LogP contribution in [0.1, 0.15) is 31.4 Å². The Hall–Kier alpha value is -2.17. The van der Waals surface area contributed by atoms with Crippen LogP contribution in [0.15, 0.2) is 30.7 Å². The molecule has 0 radical (unpaired) electrons. The van der Waals surface area contributed by atoms with E-state index < -0.39 is 0 Å². The van der Waals surface area contributed by atoms with Crippen molar-refractivity contribution in [1.29, 1.82) is 0 Å². The van der Waals surface area contributed by atoms with Gasteiger partial charge >= 0.3 is 0 Å². The highest BCUT2D eigenvalue weighted by atomic mass is 16.2. The van der Waals surface area contributed by atoms with Gasteiger partial charge in [-0.1, -0.05) is 6.42 Å². The molecule has 2 fully saturated rings. The van der Waals surface area contributed by atoms with Gasteiger partial charge in [0.05, 0.1) is 0 Å². The number of pyridine rings is 1. The number of carbonyl (C=O) groups excluding carboxylic acids is 1. The predicted molar refractivity (Wildman–Crippen MR) is 92.2 cm³/mol. The third kappa shape index (κ3) is 2.83. The van der Waals surface area contributed by atoms with Crippen LogP contribution < -0.4 is 0 Å². The molecule has 3 heterocycles. The monoisotopic (exact) mass is 324 g/mol. The number of hydrogen-bond donors (Lipinski definition) is 0. The van der Waals surface area contributed by atoms with Gasteiger partial charge in [0.15, 0.2) is 0 Å². The second-order valence-electron chi connectivity index (χ2n) is 7.14. The third-order valence-corrected chi connectivity index (χ3v) is 5.47. The van der Waals surface area contributed by atoms with E-state index >= 15 is 0 Å². The van der Waals surface area contributed by atoms with E-state index in [0.717, 1.165) is 56.0 Å². The second kappa shape index (κ2) is 6.38. The van der Waals surface area contributed by atoms with E-state index in [1.165, 1.54) is 6.42 Å². The lowest BCUT2D eigenvalue weighted by Crippen LogP contribution is -2.37. The molecule has 1 aliphatic heterocycles. The van der Waals surface area contributed by atoms with Crippen molar-refractivity contribution in [2.24, 2.45) is 11.8 Å². The van der Waals surface area contributed by atoms with Crippen LogP contribution in [0.2, 0.25) is 0 Å². The molecule has 1 saturated carbocycles. The van der Waals surface area contributed by atoms with Crippen molar-refractivity contribution in [3.63, 3.8) is 0 Å². The van der Waals surface area contributed by atoms with Crippen molar-refractivity contribution in [2.45, 2.75) is 39.2 Å². The van der Waals surface area contributed by atoms with Gasteiger partial charge in [-0.3, -0.25) is 9.78 Å². The number of carbonyl (C=O) groups is 1. The zero-order chi connectivity index (χ0) is 16.5. The fourth-order valence-corrected chi connectivity index (χ4v) is 3.77. The molecule has 1 amide bonds. The van der Waals surface area contributed by atoms with Gasteiger partial charge in [-0.05, 0) is 44.2 Å². The lowest BCUT2D eigenvalue weighted by atomic mass is 9.84. The SMILES string of the molecule is Cc1cnc(-c2cccnc2)n1CC1CCN(C(=O)C2CCC2)C1. The first-order valence-corrected chi connectivity index (χ1v) is 8.93. The van der Waals surface area contributed by atoms with Gasteiger partial charge in [-0.25, -0.2) is 4.98 Å². The minimum absolute atomic E-state index is 0.310. The number of imidazole rings is 1. The van der Waals surface area contributed by atoms with E-state index in [-0.39, 0.29) is 0 Å². The van der Waals surface area contributed by atoms with Crippen LogP contribution in [-0.4, -0.2) is 38.4 Å². The van der Waals surface area contributed by atoms with E-state index in [2.05, 4.69) is 26.4 Å². The van der Waals surface area contributed by atoms with Gasteiger partial charge in [0.1, 0.15) is 5.82 Å². The predicted octanol–water partition coefficient (Wildman–Crippen LogP) is 2.90. The number of aryl methyl sites for hydroxylation is 1. The first-order chi connectivity index (χ1) is 11.7. The summed E-state index contributed by atoms with van der Waals surface area (Å²) in [7, 11) is 0. The minimum atomic E-state index is 0.310. The van der Waals surface area contributed by atoms with E-state index in [4.69, 9.17) is 0 Å². The molecule has 4 rings (SSSR count). The van der Waals surface area contributed by atoms with Crippen molar-refractivity contribution in [1.82, 2.24) is 19.4 Å². The molecule has 0 spiro atoms. The van der Waals surface area contributed by atoms with Gasteiger partial charge in [-0.15, -0.1) is 0 Å². The van der Waals surface area contributed by atoms with Crippen LogP contribution in [-0.2, 0) is 11.3 Å². The summed E-state index contributed by atoms with van der Waals surface area (Å²) < 4.78 is 2.28. The Morgan fingerprint density at radius 3 is 2.88 bits per heavy atom. The van der Waals surface area contributed by atoms with Gasteiger partial charge < -0.3 is 9.47 Å². The van der Waals surface area contributed by atoms with Crippen molar-refractivity contribution in [3.05, 3.63) is 36.4 Å². The van der Waals surface area contributed by atoms with Crippen molar-refractivity contribution < 1.29 is 4.79 Å². The maximum atomic E-state index is 12.4. The molecule has 24 heavy (non-hydrogen) atoms. The molecule has 5 heteroatoms. The largest absolute Gasteiger partial charge is 0.342 e. The molecular weight excluding hydrogens is 300 g/mol. The Bertz CT molecular complexity index is 720. The maximum Gasteiger partial charge on any atom is 0.225 e. The fraction of sp³-hybridized carbons (Fsp3) is 0.526. The second-order valence-corrected chi connectivity index (χ2v) is 7.14. The zero-order valence-corrected chi connectivity index (χ0v) is 14.2. The summed E-state index contributed by atoms with van der Waals surface area (Å²) >= 11 is 0. The zero-order valence-electron chi connectivity index (χ0n) is 14.2. The van der Waals surface area contributed by atoms with Crippen molar-refractivity contribution in [2.75, 3.05) is 13.1 Å². The van der Waals surface area contributed by atoms with E-state index in [1.54, 1.807) is 6.20 Å². The molecule has 0 bridgehead atoms. The topological polar surface area (TPSA) is 51.0 Å². The number of rotatable bonds is 4. The fourth-order valence-electron chi connectivity index (χ4n) is 3.77. The summed E-state index contributed by atoms with van der Waals surface area (Å²) in [5, 5.41) is 0. The Morgan fingerprint density at radius 1 is 1.29 bits per heavy atom. The van der Waals surface area contributed by atoms with Gasteiger partial charge in [-0.2, -0.15) is 0 Å². The lowest BCUT2D eigenvalue weighted by Gasteiger charge is -2.29. The van der Waals surface area contributed by atoms with E-state index in [1.807, 2.05) is 24.5 Å². The number of aromatic nitrogens is 3. The number of likely N-dealkylation sites (tertiary alicyclic amines) is 1. The van der Waals surface area contributed by atoms with Crippen LogP contribution in [0, 0.1) is 18.8 Å². The van der Waals surface area contributed by atoms with E-state index in [9.17, 15) is 4.79 Å². The molecule has 1 atom stereocenters. The highest BCUT2D eigenvalue weighted by molar-refractivity contribution is 5.79. The summed E-state index contributed by atoms with van der Waals surface area (Å²) in [4.78, 5) is 23.3. The maximum absolute atomic E-state index is 12.4. The summed E-state index contributed by atoms with van der Waals surface area (Å²) in [6.45, 7) is 4.82. The van der Waals surface area contributed by atoms with E-state index in [0.29, 0.717) is 17.7 Å². The molecule has 0 N–H and O–H groups in total. The Morgan fingerprint density at radius 2 is 2.17 bits per heavy atom. The molecule has 126 valence electrons. The highest BCUT2D eigenvalue weighted by Crippen LogP contribution is 2.31. The first-order valence-electron chi connectivity index (χ1n) is 8.93. The third-order valence-electron chi connectivity index (χ3n) is 5.47. The number of nitrogens with zero attached hydrogens (tertiary/aromatic N) is 4. The van der Waals surface area contributed by atoms with Crippen LogP contribution in [0.4, 0.5) is 0 Å². The number of amides is 1. The molecule has 5 nitrogen and oxygen atoms in total. The van der Waals surface area contributed by atoms with Crippen molar-refractivity contribution >= 4 is 5.91 Å². The summed E-state index contributed by atoms with van der Waals surface area (Å²) in [5.74, 6) is 2.19. The molecule has 2 aromatic heterocycles. The molecule has 1 saturated heterocycles. The van der Waals surface area contributed by atoms with Crippen LogP contribution >= 0.6 is 0 Å². The normalized spacial score (nSPS) is 21.0. The lowest BCUT2D eigenvalue weighted by molar-refractivity contribution is -0.137. The van der Waals surface area contributed by atoms with Crippen molar-refractivity contribution in [3.8, 4) is 11.4 Å². The Balaban J connectivity index is 1.46. The average Bonchev–Trinajstić information content (AvgIpc) is 3.15. The Kier molecular flexibility index (Phi) is 4.08. The first kappa shape index (κ1) is 15.4. The average molecular weight is 324 g/mol. The molecule has 2 aliphatic rings. The van der Waals surface area contributed by atoms with Gasteiger partial charge in [0, 0.05) is 55.4 Å². The van der Waals surface area contributed by atoms with Gasteiger partial charge in [0.2, 0.25) is 5.91 Å². The number of hydrogen-bond acceptors (Lipinski definition) is 3. The van der Waals surface area contributed by atoms with Crippen LogP contribution in [0.3, 0.4) is 0 Å².